The summed E-state index contributed by atoms with van der Waals surface area (Å²) in [5.41, 5.74) is 1.85. The van der Waals surface area contributed by atoms with Gasteiger partial charge in [-0.2, -0.15) is 0 Å². The standard InChI is InChI=1S/C16H24N2O3S/c1-3-16(19)17-15-8-10-18(11-9-15)22(20,21)12-14-7-5-4-6-13(14)2/h4-7,15H,3,8-12H2,1-2H3,(H,17,19). The lowest BCUT2D eigenvalue weighted by Gasteiger charge is -2.31. The predicted octanol–water partition coefficient (Wildman–Crippen LogP) is 1.82. The Hall–Kier alpha value is -1.40. The van der Waals surface area contributed by atoms with Crippen LogP contribution in [0.2, 0.25) is 0 Å². The van der Waals surface area contributed by atoms with Crippen LogP contribution in [0.3, 0.4) is 0 Å². The number of rotatable bonds is 5. The Labute approximate surface area is 132 Å². The van der Waals surface area contributed by atoms with E-state index < -0.39 is 10.0 Å². The third kappa shape index (κ3) is 4.30. The number of sulfonamides is 1. The first-order chi connectivity index (χ1) is 10.4. The number of carbonyl (C=O) groups excluding carboxylic acids is 1. The summed E-state index contributed by atoms with van der Waals surface area (Å²) in [4.78, 5) is 11.4. The normalized spacial score (nSPS) is 17.4. The number of nitrogens with one attached hydrogen (secondary N) is 1. The van der Waals surface area contributed by atoms with Gasteiger partial charge in [-0.1, -0.05) is 31.2 Å². The van der Waals surface area contributed by atoms with E-state index in [2.05, 4.69) is 5.32 Å². The topological polar surface area (TPSA) is 66.5 Å². The van der Waals surface area contributed by atoms with Gasteiger partial charge in [-0.25, -0.2) is 12.7 Å². The van der Waals surface area contributed by atoms with E-state index in [1.54, 1.807) is 4.31 Å². The van der Waals surface area contributed by atoms with Crippen LogP contribution in [0.25, 0.3) is 0 Å². The number of nitrogens with zero attached hydrogens (tertiary/aromatic N) is 1. The van der Waals surface area contributed by atoms with Crippen LogP contribution in [0.1, 0.15) is 37.3 Å². The summed E-state index contributed by atoms with van der Waals surface area (Å²) in [7, 11) is -3.30. The maximum Gasteiger partial charge on any atom is 0.219 e. The minimum Gasteiger partial charge on any atom is -0.353 e. The minimum atomic E-state index is -3.30. The lowest BCUT2D eigenvalue weighted by Crippen LogP contribution is -2.46. The number of benzene rings is 1. The van der Waals surface area contributed by atoms with Crippen molar-refractivity contribution in [3.63, 3.8) is 0 Å². The molecule has 5 nitrogen and oxygen atoms in total. The summed E-state index contributed by atoms with van der Waals surface area (Å²) in [5.74, 6) is 0.0762. The Kier molecular flexibility index (Phi) is 5.58. The number of aryl methyl sites for hydroxylation is 1. The Bertz CT molecular complexity index is 620. The summed E-state index contributed by atoms with van der Waals surface area (Å²) in [6, 6.07) is 7.66. The van der Waals surface area contributed by atoms with Crippen LogP contribution in [0.5, 0.6) is 0 Å². The third-order valence-corrected chi connectivity index (χ3v) is 5.96. The highest BCUT2D eigenvalue weighted by molar-refractivity contribution is 7.88. The van der Waals surface area contributed by atoms with Crippen molar-refractivity contribution in [2.24, 2.45) is 0 Å². The molecule has 0 aromatic heterocycles. The van der Waals surface area contributed by atoms with E-state index in [-0.39, 0.29) is 17.7 Å². The van der Waals surface area contributed by atoms with Gasteiger partial charge < -0.3 is 5.32 Å². The fraction of sp³-hybridized carbons (Fsp3) is 0.562. The second kappa shape index (κ2) is 7.24. The van der Waals surface area contributed by atoms with Gasteiger partial charge in [-0.15, -0.1) is 0 Å². The second-order valence-corrected chi connectivity index (χ2v) is 7.75. The van der Waals surface area contributed by atoms with Crippen molar-refractivity contribution in [3.8, 4) is 0 Å². The van der Waals surface area contributed by atoms with Crippen LogP contribution in [0.15, 0.2) is 24.3 Å². The molecule has 0 atom stereocenters. The molecule has 0 bridgehead atoms. The molecule has 1 fully saturated rings. The predicted molar refractivity (Wildman–Crippen MR) is 86.8 cm³/mol. The van der Waals surface area contributed by atoms with Gasteiger partial charge in [-0.05, 0) is 30.9 Å². The average molecular weight is 324 g/mol. The first-order valence-corrected chi connectivity index (χ1v) is 9.35. The molecule has 0 unspecified atom stereocenters. The van der Waals surface area contributed by atoms with Gasteiger partial charge in [0.05, 0.1) is 5.75 Å². The van der Waals surface area contributed by atoms with E-state index in [9.17, 15) is 13.2 Å². The lowest BCUT2D eigenvalue weighted by atomic mass is 10.1. The van der Waals surface area contributed by atoms with E-state index in [0.29, 0.717) is 32.4 Å². The first kappa shape index (κ1) is 17.0. The average Bonchev–Trinajstić information content (AvgIpc) is 2.50. The second-order valence-electron chi connectivity index (χ2n) is 5.78. The van der Waals surface area contributed by atoms with Gasteiger partial charge in [0.15, 0.2) is 0 Å². The maximum absolute atomic E-state index is 12.5. The molecule has 1 aromatic rings. The smallest absolute Gasteiger partial charge is 0.219 e. The van der Waals surface area contributed by atoms with Gasteiger partial charge in [0, 0.05) is 25.6 Å². The van der Waals surface area contributed by atoms with Crippen LogP contribution < -0.4 is 5.32 Å². The van der Waals surface area contributed by atoms with Crippen LogP contribution in [0, 0.1) is 6.92 Å². The molecule has 1 aromatic carbocycles. The fourth-order valence-corrected chi connectivity index (χ4v) is 4.33. The highest BCUT2D eigenvalue weighted by atomic mass is 32.2. The molecule has 1 saturated heterocycles. The van der Waals surface area contributed by atoms with Gasteiger partial charge in [0.2, 0.25) is 15.9 Å². The SMILES string of the molecule is CCC(=O)NC1CCN(S(=O)(=O)Cc2ccccc2C)CC1. The van der Waals surface area contributed by atoms with Crippen molar-refractivity contribution in [3.05, 3.63) is 35.4 Å². The molecular formula is C16H24N2O3S. The lowest BCUT2D eigenvalue weighted by molar-refractivity contribution is -0.121. The Morgan fingerprint density at radius 1 is 1.27 bits per heavy atom. The maximum atomic E-state index is 12.5. The number of amides is 1. The molecule has 122 valence electrons. The summed E-state index contributed by atoms with van der Waals surface area (Å²) < 4.78 is 26.6. The molecule has 22 heavy (non-hydrogen) atoms. The number of hydrogen-bond acceptors (Lipinski definition) is 3. The third-order valence-electron chi connectivity index (χ3n) is 4.13. The van der Waals surface area contributed by atoms with Crippen molar-refractivity contribution >= 4 is 15.9 Å². The monoisotopic (exact) mass is 324 g/mol. The Morgan fingerprint density at radius 3 is 2.50 bits per heavy atom. The van der Waals surface area contributed by atoms with Gasteiger partial charge in [0.1, 0.15) is 0 Å². The summed E-state index contributed by atoms with van der Waals surface area (Å²) >= 11 is 0. The van der Waals surface area contributed by atoms with E-state index in [1.165, 1.54) is 0 Å². The van der Waals surface area contributed by atoms with Crippen molar-refractivity contribution in [2.45, 2.75) is 44.9 Å². The highest BCUT2D eigenvalue weighted by Crippen LogP contribution is 2.19. The molecule has 0 aliphatic carbocycles. The summed E-state index contributed by atoms with van der Waals surface area (Å²) in [6.07, 6.45) is 1.82. The molecule has 0 saturated carbocycles. The van der Waals surface area contributed by atoms with E-state index in [4.69, 9.17) is 0 Å². The van der Waals surface area contributed by atoms with E-state index >= 15 is 0 Å². The van der Waals surface area contributed by atoms with Gasteiger partial charge >= 0.3 is 0 Å². The number of carbonyl (C=O) groups is 1. The molecule has 1 amide bonds. The van der Waals surface area contributed by atoms with Crippen LogP contribution in [-0.2, 0) is 20.6 Å². The van der Waals surface area contributed by atoms with Crippen molar-refractivity contribution < 1.29 is 13.2 Å². The molecule has 2 rings (SSSR count). The van der Waals surface area contributed by atoms with Gasteiger partial charge in [-0.3, -0.25) is 4.79 Å². The van der Waals surface area contributed by atoms with Crippen LogP contribution in [0.4, 0.5) is 0 Å². The van der Waals surface area contributed by atoms with Crippen molar-refractivity contribution in [1.29, 1.82) is 0 Å². The molecule has 1 aliphatic heterocycles. The number of hydrogen-bond donors (Lipinski definition) is 1. The van der Waals surface area contributed by atoms with Gasteiger partial charge in [0.25, 0.3) is 0 Å². The first-order valence-electron chi connectivity index (χ1n) is 7.74. The highest BCUT2D eigenvalue weighted by Gasteiger charge is 2.28. The zero-order valence-electron chi connectivity index (χ0n) is 13.2. The quantitative estimate of drug-likeness (QED) is 0.898. The zero-order valence-corrected chi connectivity index (χ0v) is 14.0. The van der Waals surface area contributed by atoms with E-state index in [1.807, 2.05) is 38.1 Å². The molecule has 1 heterocycles. The molecular weight excluding hydrogens is 300 g/mol. The zero-order chi connectivity index (χ0) is 16.2. The fourth-order valence-electron chi connectivity index (χ4n) is 2.67. The van der Waals surface area contributed by atoms with Crippen LogP contribution >= 0.6 is 0 Å². The Balaban J connectivity index is 1.95. The van der Waals surface area contributed by atoms with Crippen LogP contribution in [-0.4, -0.2) is 37.8 Å². The largest absolute Gasteiger partial charge is 0.353 e. The minimum absolute atomic E-state index is 0.0289. The van der Waals surface area contributed by atoms with Crippen molar-refractivity contribution in [2.75, 3.05) is 13.1 Å². The summed E-state index contributed by atoms with van der Waals surface area (Å²) in [5, 5.41) is 2.94. The van der Waals surface area contributed by atoms with Crippen molar-refractivity contribution in [1.82, 2.24) is 9.62 Å². The summed E-state index contributed by atoms with van der Waals surface area (Å²) in [6.45, 7) is 4.69. The molecule has 1 N–H and O–H groups in total. The molecule has 0 radical (unpaired) electrons. The number of piperidine rings is 1. The Morgan fingerprint density at radius 2 is 1.91 bits per heavy atom. The molecule has 1 aliphatic rings. The molecule has 6 heteroatoms. The van der Waals surface area contributed by atoms with E-state index in [0.717, 1.165) is 11.1 Å². The molecule has 0 spiro atoms.